The Balaban J connectivity index is 2.34. The number of rotatable bonds is 4. The van der Waals surface area contributed by atoms with Gasteiger partial charge in [-0.1, -0.05) is 33.6 Å². The van der Waals surface area contributed by atoms with Crippen molar-refractivity contribution in [3.8, 4) is 0 Å². The summed E-state index contributed by atoms with van der Waals surface area (Å²) in [5, 5.41) is 14.8. The molecule has 1 saturated carbocycles. The Labute approximate surface area is 115 Å². The van der Waals surface area contributed by atoms with Gasteiger partial charge in [0.1, 0.15) is 0 Å². The molecule has 0 aromatic heterocycles. The third-order valence-corrected chi connectivity index (χ3v) is 3.53. The number of hydrogen-bond donors (Lipinski definition) is 3. The van der Waals surface area contributed by atoms with E-state index in [2.05, 4.69) is 31.4 Å². The number of urea groups is 1. The number of nitrogens with one attached hydrogen (secondary N) is 2. The molecular weight excluding hydrogens is 244 g/mol. The number of amides is 2. The lowest BCUT2D eigenvalue weighted by atomic mass is 9.79. The first kappa shape index (κ1) is 15.8. The monoisotopic (exact) mass is 270 g/mol. The second kappa shape index (κ2) is 6.78. The molecule has 2 unspecified atom stereocenters. The van der Waals surface area contributed by atoms with Crippen molar-refractivity contribution in [3.05, 3.63) is 0 Å². The normalized spacial score (nSPS) is 23.7. The molecule has 0 spiro atoms. The average molecular weight is 270 g/mol. The predicted molar refractivity (Wildman–Crippen MR) is 73.9 cm³/mol. The molecule has 1 aliphatic carbocycles. The van der Waals surface area contributed by atoms with Crippen LogP contribution < -0.4 is 10.6 Å². The molecule has 0 bridgehead atoms. The first-order valence-corrected chi connectivity index (χ1v) is 7.04. The van der Waals surface area contributed by atoms with E-state index in [4.69, 9.17) is 5.11 Å². The van der Waals surface area contributed by atoms with E-state index in [-0.39, 0.29) is 23.3 Å². The van der Waals surface area contributed by atoms with Gasteiger partial charge in [-0.2, -0.15) is 0 Å². The predicted octanol–water partition coefficient (Wildman–Crippen LogP) is 2.22. The first-order chi connectivity index (χ1) is 8.79. The summed E-state index contributed by atoms with van der Waals surface area (Å²) in [7, 11) is 0. The third-order valence-electron chi connectivity index (χ3n) is 3.53. The molecule has 1 fully saturated rings. The van der Waals surface area contributed by atoms with Gasteiger partial charge in [-0.15, -0.1) is 0 Å². The zero-order valence-electron chi connectivity index (χ0n) is 12.2. The van der Waals surface area contributed by atoms with Crippen LogP contribution in [-0.2, 0) is 4.79 Å². The molecule has 0 aliphatic heterocycles. The van der Waals surface area contributed by atoms with Crippen molar-refractivity contribution in [2.24, 2.45) is 17.3 Å². The van der Waals surface area contributed by atoms with Crippen molar-refractivity contribution in [1.82, 2.24) is 10.6 Å². The fourth-order valence-electron chi connectivity index (χ4n) is 2.41. The molecule has 0 saturated heterocycles. The number of carbonyl (C=O) groups is 2. The highest BCUT2D eigenvalue weighted by molar-refractivity contribution is 5.74. The molecule has 0 aromatic carbocycles. The van der Waals surface area contributed by atoms with Gasteiger partial charge >= 0.3 is 12.0 Å². The van der Waals surface area contributed by atoms with E-state index < -0.39 is 5.97 Å². The van der Waals surface area contributed by atoms with Crippen molar-refractivity contribution in [3.63, 3.8) is 0 Å². The highest BCUT2D eigenvalue weighted by atomic mass is 16.4. The molecule has 3 N–H and O–H groups in total. The SMILES string of the molecule is CC(C)(C)CNC(=O)NCC1CCCCC1C(=O)O. The second-order valence-electron chi connectivity index (χ2n) is 6.61. The van der Waals surface area contributed by atoms with E-state index in [1.807, 2.05) is 0 Å². The largest absolute Gasteiger partial charge is 0.481 e. The van der Waals surface area contributed by atoms with Crippen LogP contribution >= 0.6 is 0 Å². The van der Waals surface area contributed by atoms with Crippen LogP contribution in [0.3, 0.4) is 0 Å². The molecular formula is C14H26N2O3. The van der Waals surface area contributed by atoms with Gasteiger partial charge in [-0.05, 0) is 24.2 Å². The number of hydrogen-bond acceptors (Lipinski definition) is 2. The lowest BCUT2D eigenvalue weighted by molar-refractivity contribution is -0.144. The summed E-state index contributed by atoms with van der Waals surface area (Å²) in [6.45, 7) is 7.21. The van der Waals surface area contributed by atoms with Crippen molar-refractivity contribution < 1.29 is 14.7 Å². The molecule has 110 valence electrons. The maximum atomic E-state index is 11.6. The molecule has 1 rings (SSSR count). The quantitative estimate of drug-likeness (QED) is 0.733. The van der Waals surface area contributed by atoms with Crippen molar-refractivity contribution in [2.75, 3.05) is 13.1 Å². The van der Waals surface area contributed by atoms with Crippen LogP contribution in [0.5, 0.6) is 0 Å². The van der Waals surface area contributed by atoms with Gasteiger partial charge in [0, 0.05) is 13.1 Å². The highest BCUT2D eigenvalue weighted by Gasteiger charge is 2.30. The van der Waals surface area contributed by atoms with E-state index in [1.54, 1.807) is 0 Å². The Morgan fingerprint density at radius 3 is 2.37 bits per heavy atom. The van der Waals surface area contributed by atoms with Gasteiger partial charge in [0.15, 0.2) is 0 Å². The minimum absolute atomic E-state index is 0.0474. The number of carbonyl (C=O) groups excluding carboxylic acids is 1. The molecule has 5 heteroatoms. The topological polar surface area (TPSA) is 78.4 Å². The smallest absolute Gasteiger partial charge is 0.314 e. The molecule has 19 heavy (non-hydrogen) atoms. The number of carboxylic acid groups (broad SMARTS) is 1. The van der Waals surface area contributed by atoms with Crippen molar-refractivity contribution in [2.45, 2.75) is 46.5 Å². The maximum absolute atomic E-state index is 11.6. The van der Waals surface area contributed by atoms with E-state index >= 15 is 0 Å². The van der Waals surface area contributed by atoms with Gasteiger partial charge in [0.05, 0.1) is 5.92 Å². The van der Waals surface area contributed by atoms with Crippen LogP contribution in [-0.4, -0.2) is 30.2 Å². The fraction of sp³-hybridized carbons (Fsp3) is 0.857. The average Bonchev–Trinajstić information content (AvgIpc) is 2.33. The van der Waals surface area contributed by atoms with Crippen LogP contribution in [0, 0.1) is 17.3 Å². The minimum atomic E-state index is -0.735. The summed E-state index contributed by atoms with van der Waals surface area (Å²) in [6, 6.07) is -0.204. The Kier molecular flexibility index (Phi) is 5.63. The van der Waals surface area contributed by atoms with Crippen LogP contribution in [0.1, 0.15) is 46.5 Å². The Morgan fingerprint density at radius 1 is 1.16 bits per heavy atom. The lowest BCUT2D eigenvalue weighted by Crippen LogP contribution is -2.43. The van der Waals surface area contributed by atoms with Crippen LogP contribution in [0.4, 0.5) is 4.79 Å². The minimum Gasteiger partial charge on any atom is -0.481 e. The zero-order valence-corrected chi connectivity index (χ0v) is 12.2. The molecule has 5 nitrogen and oxygen atoms in total. The van der Waals surface area contributed by atoms with E-state index in [9.17, 15) is 9.59 Å². The third kappa shape index (κ3) is 5.94. The van der Waals surface area contributed by atoms with E-state index in [0.717, 1.165) is 25.7 Å². The van der Waals surface area contributed by atoms with Gasteiger partial charge in [-0.3, -0.25) is 4.79 Å². The van der Waals surface area contributed by atoms with Crippen LogP contribution in [0.2, 0.25) is 0 Å². The molecule has 1 aliphatic rings. The summed E-state index contributed by atoms with van der Waals surface area (Å²) < 4.78 is 0. The first-order valence-electron chi connectivity index (χ1n) is 7.04. The zero-order chi connectivity index (χ0) is 14.5. The second-order valence-corrected chi connectivity index (χ2v) is 6.61. The van der Waals surface area contributed by atoms with Gasteiger partial charge in [0.25, 0.3) is 0 Å². The van der Waals surface area contributed by atoms with E-state index in [0.29, 0.717) is 13.1 Å². The standard InChI is InChI=1S/C14H26N2O3/c1-14(2,3)9-16-13(19)15-8-10-6-4-5-7-11(10)12(17)18/h10-11H,4-9H2,1-3H3,(H,17,18)(H2,15,16,19). The van der Waals surface area contributed by atoms with Crippen molar-refractivity contribution in [1.29, 1.82) is 0 Å². The highest BCUT2D eigenvalue weighted by Crippen LogP contribution is 2.29. The Hall–Kier alpha value is -1.26. The van der Waals surface area contributed by atoms with Crippen LogP contribution in [0.15, 0.2) is 0 Å². The van der Waals surface area contributed by atoms with Gasteiger partial charge < -0.3 is 15.7 Å². The lowest BCUT2D eigenvalue weighted by Gasteiger charge is -2.28. The summed E-state index contributed by atoms with van der Waals surface area (Å²) in [4.78, 5) is 22.8. The molecule has 0 heterocycles. The van der Waals surface area contributed by atoms with Crippen molar-refractivity contribution >= 4 is 12.0 Å². The van der Waals surface area contributed by atoms with E-state index in [1.165, 1.54) is 0 Å². The summed E-state index contributed by atoms with van der Waals surface area (Å²) in [6.07, 6.45) is 3.64. The summed E-state index contributed by atoms with van der Waals surface area (Å²) in [5.74, 6) is -0.982. The summed E-state index contributed by atoms with van der Waals surface area (Å²) >= 11 is 0. The number of carboxylic acids is 1. The molecule has 2 amide bonds. The summed E-state index contributed by atoms with van der Waals surface area (Å²) in [5.41, 5.74) is 0.0474. The van der Waals surface area contributed by atoms with Gasteiger partial charge in [0.2, 0.25) is 0 Å². The maximum Gasteiger partial charge on any atom is 0.314 e. The molecule has 2 atom stereocenters. The molecule has 0 radical (unpaired) electrons. The molecule has 0 aromatic rings. The van der Waals surface area contributed by atoms with Crippen LogP contribution in [0.25, 0.3) is 0 Å². The fourth-order valence-corrected chi connectivity index (χ4v) is 2.41. The van der Waals surface area contributed by atoms with Gasteiger partial charge in [-0.25, -0.2) is 4.79 Å². The number of aliphatic carboxylic acids is 1. The Morgan fingerprint density at radius 2 is 1.79 bits per heavy atom. The Bertz CT molecular complexity index is 323.